The van der Waals surface area contributed by atoms with Gasteiger partial charge in [0, 0.05) is 11.3 Å². The molecule has 24 heavy (non-hydrogen) atoms. The van der Waals surface area contributed by atoms with Crippen LogP contribution in [0.2, 0.25) is 0 Å². The molecule has 0 radical (unpaired) electrons. The Kier molecular flexibility index (Phi) is 5.21. The first kappa shape index (κ1) is 16.2. The van der Waals surface area contributed by atoms with Crippen LogP contribution in [0.4, 0.5) is 5.69 Å². The Morgan fingerprint density at radius 1 is 1.08 bits per heavy atom. The number of ether oxygens (including phenoxy) is 3. The van der Waals surface area contributed by atoms with Gasteiger partial charge in [-0.05, 0) is 48.9 Å². The zero-order chi connectivity index (χ0) is 16.8. The van der Waals surface area contributed by atoms with Gasteiger partial charge in [0.2, 0.25) is 0 Å². The highest BCUT2D eigenvalue weighted by molar-refractivity contribution is 6.04. The smallest absolute Gasteiger partial charge is 0.255 e. The number of unbranched alkanes of at least 4 members (excludes halogenated alkanes) is 1. The molecule has 1 amide bonds. The summed E-state index contributed by atoms with van der Waals surface area (Å²) >= 11 is 0. The molecule has 0 unspecified atom stereocenters. The molecule has 0 bridgehead atoms. The van der Waals surface area contributed by atoms with E-state index in [1.54, 1.807) is 18.2 Å². The standard InChI is InChI=1S/C19H21NO4/c1-2-3-10-22-16-7-5-15(6-8-16)20-19(21)14-4-9-17-18(13-14)24-12-11-23-17/h4-9,13H,2-3,10-12H2,1H3,(H,20,21). The summed E-state index contributed by atoms with van der Waals surface area (Å²) < 4.78 is 16.6. The number of carbonyl (C=O) groups is 1. The average molecular weight is 327 g/mol. The van der Waals surface area contributed by atoms with E-state index >= 15 is 0 Å². The van der Waals surface area contributed by atoms with E-state index in [2.05, 4.69) is 12.2 Å². The maximum atomic E-state index is 12.4. The largest absolute Gasteiger partial charge is 0.494 e. The first-order valence-electron chi connectivity index (χ1n) is 8.20. The van der Waals surface area contributed by atoms with Gasteiger partial charge in [-0.25, -0.2) is 0 Å². The first-order chi connectivity index (χ1) is 11.8. The lowest BCUT2D eigenvalue weighted by Gasteiger charge is -2.18. The van der Waals surface area contributed by atoms with Gasteiger partial charge in [0.25, 0.3) is 5.91 Å². The first-order valence-corrected chi connectivity index (χ1v) is 8.20. The van der Waals surface area contributed by atoms with Gasteiger partial charge in [-0.1, -0.05) is 13.3 Å². The Labute approximate surface area is 141 Å². The summed E-state index contributed by atoms with van der Waals surface area (Å²) in [4.78, 5) is 12.4. The highest BCUT2D eigenvalue weighted by Crippen LogP contribution is 2.31. The van der Waals surface area contributed by atoms with Gasteiger partial charge in [0.15, 0.2) is 11.5 Å². The van der Waals surface area contributed by atoms with Crippen molar-refractivity contribution < 1.29 is 19.0 Å². The van der Waals surface area contributed by atoms with Crippen LogP contribution in [0.3, 0.4) is 0 Å². The van der Waals surface area contributed by atoms with E-state index in [-0.39, 0.29) is 5.91 Å². The third kappa shape index (κ3) is 3.98. The van der Waals surface area contributed by atoms with E-state index in [0.29, 0.717) is 36.9 Å². The van der Waals surface area contributed by atoms with Crippen LogP contribution < -0.4 is 19.5 Å². The molecule has 1 N–H and O–H groups in total. The Bertz CT molecular complexity index is 697. The van der Waals surface area contributed by atoms with Gasteiger partial charge in [-0.15, -0.1) is 0 Å². The second-order valence-electron chi connectivity index (χ2n) is 5.54. The number of carbonyl (C=O) groups excluding carboxylic acids is 1. The van der Waals surface area contributed by atoms with Gasteiger partial charge in [0.1, 0.15) is 19.0 Å². The maximum Gasteiger partial charge on any atom is 0.255 e. The van der Waals surface area contributed by atoms with Crippen molar-refractivity contribution in [2.24, 2.45) is 0 Å². The second-order valence-corrected chi connectivity index (χ2v) is 5.54. The number of anilines is 1. The number of hydrogen-bond donors (Lipinski definition) is 1. The lowest BCUT2D eigenvalue weighted by molar-refractivity contribution is 0.102. The molecule has 5 heteroatoms. The highest BCUT2D eigenvalue weighted by Gasteiger charge is 2.15. The van der Waals surface area contributed by atoms with Crippen LogP contribution in [-0.4, -0.2) is 25.7 Å². The summed E-state index contributed by atoms with van der Waals surface area (Å²) in [5.41, 5.74) is 1.25. The van der Waals surface area contributed by atoms with Crippen LogP contribution >= 0.6 is 0 Å². The van der Waals surface area contributed by atoms with Crippen LogP contribution in [0.15, 0.2) is 42.5 Å². The van der Waals surface area contributed by atoms with Crippen molar-refractivity contribution in [1.82, 2.24) is 0 Å². The number of rotatable bonds is 6. The molecule has 0 aromatic heterocycles. The van der Waals surface area contributed by atoms with Crippen molar-refractivity contribution in [3.63, 3.8) is 0 Å². The Balaban J connectivity index is 1.62. The van der Waals surface area contributed by atoms with Gasteiger partial charge in [0.05, 0.1) is 6.61 Å². The van der Waals surface area contributed by atoms with Crippen molar-refractivity contribution in [2.45, 2.75) is 19.8 Å². The molecule has 1 heterocycles. The minimum atomic E-state index is -0.188. The quantitative estimate of drug-likeness (QED) is 0.818. The number of amides is 1. The van der Waals surface area contributed by atoms with Crippen LogP contribution in [0, 0.1) is 0 Å². The molecular formula is C19H21NO4. The molecule has 126 valence electrons. The van der Waals surface area contributed by atoms with Crippen molar-refractivity contribution >= 4 is 11.6 Å². The van der Waals surface area contributed by atoms with E-state index in [9.17, 15) is 4.79 Å². The Morgan fingerprint density at radius 3 is 2.58 bits per heavy atom. The fourth-order valence-corrected chi connectivity index (χ4v) is 2.36. The van der Waals surface area contributed by atoms with Crippen molar-refractivity contribution in [1.29, 1.82) is 0 Å². The zero-order valence-electron chi connectivity index (χ0n) is 13.7. The molecule has 2 aromatic rings. The van der Waals surface area contributed by atoms with E-state index in [1.807, 2.05) is 24.3 Å². The summed E-state index contributed by atoms with van der Waals surface area (Å²) in [6.07, 6.45) is 2.13. The SMILES string of the molecule is CCCCOc1ccc(NC(=O)c2ccc3c(c2)OCCO3)cc1. The molecular weight excluding hydrogens is 306 g/mol. The van der Waals surface area contributed by atoms with E-state index < -0.39 is 0 Å². The zero-order valence-corrected chi connectivity index (χ0v) is 13.7. The van der Waals surface area contributed by atoms with Crippen molar-refractivity contribution in [3.05, 3.63) is 48.0 Å². The van der Waals surface area contributed by atoms with Gasteiger partial charge < -0.3 is 19.5 Å². The monoisotopic (exact) mass is 327 g/mol. The van der Waals surface area contributed by atoms with Gasteiger partial charge >= 0.3 is 0 Å². The molecule has 0 atom stereocenters. The number of benzene rings is 2. The number of nitrogens with one attached hydrogen (secondary N) is 1. The number of hydrogen-bond acceptors (Lipinski definition) is 4. The molecule has 2 aromatic carbocycles. The normalized spacial score (nSPS) is 12.5. The molecule has 0 saturated heterocycles. The summed E-state index contributed by atoms with van der Waals surface area (Å²) in [5.74, 6) is 1.90. The molecule has 1 aliphatic rings. The topological polar surface area (TPSA) is 56.8 Å². The predicted molar refractivity (Wildman–Crippen MR) is 92.2 cm³/mol. The van der Waals surface area contributed by atoms with Gasteiger partial charge in [-0.3, -0.25) is 4.79 Å². The molecule has 0 fully saturated rings. The minimum absolute atomic E-state index is 0.188. The van der Waals surface area contributed by atoms with Crippen LogP contribution in [0.1, 0.15) is 30.1 Å². The summed E-state index contributed by atoms with van der Waals surface area (Å²) in [6, 6.07) is 12.6. The molecule has 0 saturated carbocycles. The summed E-state index contributed by atoms with van der Waals surface area (Å²) in [5, 5.41) is 2.87. The fraction of sp³-hybridized carbons (Fsp3) is 0.316. The molecule has 3 rings (SSSR count). The maximum absolute atomic E-state index is 12.4. The lowest BCUT2D eigenvalue weighted by atomic mass is 10.1. The van der Waals surface area contributed by atoms with E-state index in [1.165, 1.54) is 0 Å². The minimum Gasteiger partial charge on any atom is -0.494 e. The number of fused-ring (bicyclic) bond motifs is 1. The van der Waals surface area contributed by atoms with E-state index in [0.717, 1.165) is 24.3 Å². The second kappa shape index (κ2) is 7.73. The average Bonchev–Trinajstić information content (AvgIpc) is 2.63. The molecule has 0 aliphatic carbocycles. The lowest BCUT2D eigenvalue weighted by Crippen LogP contribution is -2.17. The summed E-state index contributed by atoms with van der Waals surface area (Å²) in [6.45, 7) is 3.86. The van der Waals surface area contributed by atoms with Crippen LogP contribution in [0.25, 0.3) is 0 Å². The molecule has 0 spiro atoms. The predicted octanol–water partition coefficient (Wildman–Crippen LogP) is 3.89. The van der Waals surface area contributed by atoms with Crippen molar-refractivity contribution in [3.8, 4) is 17.2 Å². The van der Waals surface area contributed by atoms with Crippen LogP contribution in [-0.2, 0) is 0 Å². The molecule has 5 nitrogen and oxygen atoms in total. The fourth-order valence-electron chi connectivity index (χ4n) is 2.36. The third-order valence-electron chi connectivity index (χ3n) is 3.68. The Hall–Kier alpha value is -2.69. The summed E-state index contributed by atoms with van der Waals surface area (Å²) in [7, 11) is 0. The van der Waals surface area contributed by atoms with Crippen LogP contribution in [0.5, 0.6) is 17.2 Å². The van der Waals surface area contributed by atoms with Gasteiger partial charge in [-0.2, -0.15) is 0 Å². The third-order valence-corrected chi connectivity index (χ3v) is 3.68. The highest BCUT2D eigenvalue weighted by atomic mass is 16.6. The van der Waals surface area contributed by atoms with E-state index in [4.69, 9.17) is 14.2 Å². The molecule has 1 aliphatic heterocycles. The Morgan fingerprint density at radius 2 is 1.83 bits per heavy atom. The van der Waals surface area contributed by atoms with Crippen molar-refractivity contribution in [2.75, 3.05) is 25.1 Å².